The highest BCUT2D eigenvalue weighted by Crippen LogP contribution is 2.36. The fourth-order valence-corrected chi connectivity index (χ4v) is 5.36. The molecule has 0 aromatic heterocycles. The van der Waals surface area contributed by atoms with Gasteiger partial charge in [0.1, 0.15) is 0 Å². The summed E-state index contributed by atoms with van der Waals surface area (Å²) < 4.78 is 0. The van der Waals surface area contributed by atoms with E-state index in [9.17, 15) is 9.90 Å². The zero-order valence-corrected chi connectivity index (χ0v) is 17.0. The lowest BCUT2D eigenvalue weighted by molar-refractivity contribution is -0.131. The van der Waals surface area contributed by atoms with Gasteiger partial charge in [0.05, 0.1) is 0 Å². The normalized spacial score (nSPS) is 23.4. The van der Waals surface area contributed by atoms with Crippen LogP contribution in [-0.2, 0) is 11.3 Å². The molecule has 1 N–H and O–H groups in total. The van der Waals surface area contributed by atoms with E-state index in [0.717, 1.165) is 49.0 Å². The Morgan fingerprint density at radius 1 is 0.857 bits per heavy atom. The van der Waals surface area contributed by atoms with Gasteiger partial charge in [-0.05, 0) is 55.3 Å². The molecular formula is C24H34N2O2. The monoisotopic (exact) mass is 382 g/mol. The van der Waals surface area contributed by atoms with E-state index in [2.05, 4.69) is 4.90 Å². The molecule has 28 heavy (non-hydrogen) atoms. The van der Waals surface area contributed by atoms with Gasteiger partial charge in [-0.2, -0.15) is 0 Å². The van der Waals surface area contributed by atoms with Crippen LogP contribution in [0.4, 0.5) is 0 Å². The van der Waals surface area contributed by atoms with Gasteiger partial charge in [0.15, 0.2) is 5.76 Å². The highest BCUT2D eigenvalue weighted by molar-refractivity contribution is 5.92. The average molecular weight is 383 g/mol. The maximum Gasteiger partial charge on any atom is 0.288 e. The first kappa shape index (κ1) is 19.5. The van der Waals surface area contributed by atoms with E-state index in [0.29, 0.717) is 13.1 Å². The molecule has 4 nitrogen and oxygen atoms in total. The minimum atomic E-state index is -0.206. The number of hydrogen-bond acceptors (Lipinski definition) is 3. The third kappa shape index (κ3) is 4.60. The molecule has 0 bridgehead atoms. The van der Waals surface area contributed by atoms with Crippen molar-refractivity contribution in [1.82, 2.24) is 9.80 Å². The summed E-state index contributed by atoms with van der Waals surface area (Å²) in [5.74, 6) is 1.64. The number of hydrogen-bond donors (Lipinski definition) is 1. The molecule has 0 radical (unpaired) electrons. The van der Waals surface area contributed by atoms with Crippen LogP contribution in [0.25, 0.3) is 0 Å². The first-order chi connectivity index (χ1) is 13.7. The number of piperidine rings is 1. The largest absolute Gasteiger partial charge is 0.503 e. The van der Waals surface area contributed by atoms with Gasteiger partial charge in [0.2, 0.25) is 0 Å². The Morgan fingerprint density at radius 2 is 1.54 bits per heavy atom. The lowest BCUT2D eigenvalue weighted by Crippen LogP contribution is -2.41. The molecule has 0 unspecified atom stereocenters. The summed E-state index contributed by atoms with van der Waals surface area (Å²) in [5.41, 5.74) is 2.04. The Bertz CT molecular complexity index is 686. The minimum absolute atomic E-state index is 0.00316. The van der Waals surface area contributed by atoms with E-state index in [4.69, 9.17) is 0 Å². The zero-order valence-electron chi connectivity index (χ0n) is 17.0. The van der Waals surface area contributed by atoms with Crippen LogP contribution in [0.5, 0.6) is 0 Å². The fourth-order valence-electron chi connectivity index (χ4n) is 5.36. The number of aliphatic hydroxyl groups is 1. The number of amides is 1. The van der Waals surface area contributed by atoms with Gasteiger partial charge in [-0.1, -0.05) is 62.4 Å². The number of carbonyl (C=O) groups excluding carboxylic acids is 1. The molecule has 0 spiro atoms. The first-order valence-corrected chi connectivity index (χ1v) is 11.2. The van der Waals surface area contributed by atoms with Crippen molar-refractivity contribution in [2.45, 2.75) is 57.9 Å². The quantitative estimate of drug-likeness (QED) is 0.814. The van der Waals surface area contributed by atoms with Gasteiger partial charge in [-0.25, -0.2) is 0 Å². The number of likely N-dealkylation sites (tertiary alicyclic amines) is 1. The Hall–Kier alpha value is -1.81. The lowest BCUT2D eigenvalue weighted by Gasteiger charge is -2.38. The SMILES string of the molecule is O=C1C(O)=C(CN2CCC(C3CCCCC3)CC2)CCN1Cc1ccccc1. The summed E-state index contributed by atoms with van der Waals surface area (Å²) in [6.45, 7) is 4.25. The van der Waals surface area contributed by atoms with Crippen molar-refractivity contribution in [2.75, 3.05) is 26.2 Å². The van der Waals surface area contributed by atoms with Crippen LogP contribution < -0.4 is 0 Å². The lowest BCUT2D eigenvalue weighted by atomic mass is 9.76. The first-order valence-electron chi connectivity index (χ1n) is 11.2. The summed E-state index contributed by atoms with van der Waals surface area (Å²) in [4.78, 5) is 16.9. The van der Waals surface area contributed by atoms with Gasteiger partial charge in [-0.15, -0.1) is 0 Å². The molecule has 4 rings (SSSR count). The summed E-state index contributed by atoms with van der Waals surface area (Å²) in [6, 6.07) is 10.0. The summed E-state index contributed by atoms with van der Waals surface area (Å²) in [7, 11) is 0. The number of carbonyl (C=O) groups is 1. The van der Waals surface area contributed by atoms with E-state index in [-0.39, 0.29) is 11.7 Å². The van der Waals surface area contributed by atoms with Crippen LogP contribution >= 0.6 is 0 Å². The summed E-state index contributed by atoms with van der Waals surface area (Å²) in [5, 5.41) is 10.5. The molecule has 1 amide bonds. The van der Waals surface area contributed by atoms with Gasteiger partial charge in [-0.3, -0.25) is 9.69 Å². The van der Waals surface area contributed by atoms with Crippen LogP contribution in [0.1, 0.15) is 56.9 Å². The van der Waals surface area contributed by atoms with Crippen molar-refractivity contribution in [1.29, 1.82) is 0 Å². The zero-order chi connectivity index (χ0) is 19.3. The third-order valence-corrected chi connectivity index (χ3v) is 7.09. The number of benzene rings is 1. The second kappa shape index (κ2) is 9.13. The molecule has 1 aliphatic carbocycles. The molecule has 2 fully saturated rings. The molecule has 2 heterocycles. The molecule has 152 valence electrons. The van der Waals surface area contributed by atoms with Crippen LogP contribution in [0, 0.1) is 11.8 Å². The topological polar surface area (TPSA) is 43.8 Å². The highest BCUT2D eigenvalue weighted by Gasteiger charge is 2.31. The molecule has 2 aliphatic heterocycles. The van der Waals surface area contributed by atoms with Crippen molar-refractivity contribution in [3.05, 3.63) is 47.2 Å². The minimum Gasteiger partial charge on any atom is -0.503 e. The third-order valence-electron chi connectivity index (χ3n) is 7.09. The van der Waals surface area contributed by atoms with E-state index in [1.165, 1.54) is 44.9 Å². The van der Waals surface area contributed by atoms with Crippen molar-refractivity contribution < 1.29 is 9.90 Å². The van der Waals surface area contributed by atoms with E-state index in [1.54, 1.807) is 4.90 Å². The molecule has 1 aromatic carbocycles. The van der Waals surface area contributed by atoms with Crippen LogP contribution in [-0.4, -0.2) is 47.0 Å². The highest BCUT2D eigenvalue weighted by atomic mass is 16.3. The smallest absolute Gasteiger partial charge is 0.288 e. The maximum absolute atomic E-state index is 12.6. The maximum atomic E-state index is 12.6. The molecule has 4 heteroatoms. The Balaban J connectivity index is 1.29. The van der Waals surface area contributed by atoms with Crippen LogP contribution in [0.3, 0.4) is 0 Å². The van der Waals surface area contributed by atoms with Crippen molar-refractivity contribution in [3.8, 4) is 0 Å². The van der Waals surface area contributed by atoms with Crippen LogP contribution in [0.2, 0.25) is 0 Å². The second-order valence-electron chi connectivity index (χ2n) is 8.93. The molecule has 1 saturated heterocycles. The molecular weight excluding hydrogens is 348 g/mol. The van der Waals surface area contributed by atoms with Gasteiger partial charge >= 0.3 is 0 Å². The molecule has 3 aliphatic rings. The number of rotatable bonds is 5. The predicted molar refractivity (Wildman–Crippen MR) is 112 cm³/mol. The average Bonchev–Trinajstić information content (AvgIpc) is 2.75. The number of nitrogens with zero attached hydrogens (tertiary/aromatic N) is 2. The van der Waals surface area contributed by atoms with E-state index >= 15 is 0 Å². The van der Waals surface area contributed by atoms with Crippen LogP contribution in [0.15, 0.2) is 41.7 Å². The summed E-state index contributed by atoms with van der Waals surface area (Å²) in [6.07, 6.45) is 10.5. The van der Waals surface area contributed by atoms with E-state index < -0.39 is 0 Å². The summed E-state index contributed by atoms with van der Waals surface area (Å²) >= 11 is 0. The molecule has 1 saturated carbocycles. The van der Waals surface area contributed by atoms with Gasteiger partial charge in [0.25, 0.3) is 5.91 Å². The molecule has 0 atom stereocenters. The Morgan fingerprint density at radius 3 is 2.25 bits per heavy atom. The van der Waals surface area contributed by atoms with Crippen molar-refractivity contribution >= 4 is 5.91 Å². The second-order valence-corrected chi connectivity index (χ2v) is 8.93. The standard InChI is InChI=1S/C24H34N2O2/c27-23-22(13-16-26(24(23)28)17-19-7-3-1-4-8-19)18-25-14-11-21(12-15-25)20-9-5-2-6-10-20/h1,3-4,7-8,20-21,27H,2,5-6,9-18H2. The van der Waals surface area contributed by atoms with Gasteiger partial charge < -0.3 is 10.0 Å². The predicted octanol–water partition coefficient (Wildman–Crippen LogP) is 4.52. The van der Waals surface area contributed by atoms with Crippen molar-refractivity contribution in [3.63, 3.8) is 0 Å². The Kier molecular flexibility index (Phi) is 6.36. The Labute approximate surface area is 169 Å². The van der Waals surface area contributed by atoms with Gasteiger partial charge in [0, 0.05) is 19.6 Å². The fraction of sp³-hybridized carbons (Fsp3) is 0.625. The van der Waals surface area contributed by atoms with E-state index in [1.807, 2.05) is 30.3 Å². The number of aliphatic hydroxyl groups excluding tert-OH is 1. The molecule has 1 aromatic rings. The van der Waals surface area contributed by atoms with Crippen molar-refractivity contribution in [2.24, 2.45) is 11.8 Å².